The second-order valence-corrected chi connectivity index (χ2v) is 26.9. The van der Waals surface area contributed by atoms with Crippen LogP contribution in [-0.2, 0) is 114 Å². The number of benzene rings is 8. The minimum Gasteiger partial charge on any atom is -0.467 e. The summed E-state index contributed by atoms with van der Waals surface area (Å²) < 4.78 is 127. The first kappa shape index (κ1) is 85.4. The maximum atomic E-state index is 15.5. The molecule has 0 N–H and O–H groups in total. The van der Waals surface area contributed by atoms with Gasteiger partial charge in [0.15, 0.2) is 79.9 Å². The van der Waals surface area contributed by atoms with Gasteiger partial charge in [-0.15, -0.1) is 0 Å². The van der Waals surface area contributed by atoms with Crippen LogP contribution >= 0.6 is 0 Å². The van der Waals surface area contributed by atoms with Crippen LogP contribution in [0, 0.1) is 0 Å². The number of hydrogen-bond donors (Lipinski definition) is 0. The minimum absolute atomic E-state index is 0.00857. The molecule has 8 aromatic carbocycles. The van der Waals surface area contributed by atoms with Crippen LogP contribution in [0.4, 0.5) is 0 Å². The molecule has 12 rings (SSSR count). The van der Waals surface area contributed by atoms with Crippen LogP contribution in [0.25, 0.3) is 0 Å². The van der Waals surface area contributed by atoms with Crippen molar-refractivity contribution in [3.8, 4) is 0 Å². The third kappa shape index (κ3) is 21.8. The molecule has 8 aromatic rings. The molecular formula is C87H80O32. The van der Waals surface area contributed by atoms with Crippen LogP contribution in [0.15, 0.2) is 243 Å². The molecule has 0 bridgehead atoms. The first-order valence-electron chi connectivity index (χ1n) is 37.3. The molecule has 620 valence electrons. The van der Waals surface area contributed by atoms with Crippen molar-refractivity contribution in [2.24, 2.45) is 0 Å². The Hall–Kier alpha value is -12.9. The van der Waals surface area contributed by atoms with Crippen molar-refractivity contribution in [3.05, 3.63) is 287 Å². The summed E-state index contributed by atoms with van der Waals surface area (Å²) in [6, 6.07) is 59.2. The molecule has 0 unspecified atom stereocenters. The standard InChI is InChI=1S/C87H80O32/c1-49(88)105-68-69(106-50(2)89)72(107-51(3)90)87(119-70(68)83(99)100-4)118-67-64(112-78(94)55-36-20-9-21-37-55)61(47-103-76(92)53-32-16-7-17-33-53)110-86(74(67)116-82(98)59-44-28-13-29-45-59)117-66-63(111-77(93)54-34-18-8-19-35-54)60(46-102-75(91)52-30-14-6-15-31-52)108-85(73(66)115-81(97)58-42-26-12-27-43-58)109-62-48-104-84(101-5)71(114-80(96)57-40-24-11-25-41-57)65(62)113-79(95)56-38-22-10-23-39-56/h6-45,60-74,84-87H,46-48H2,1-5H3/t60-,61-,62-,63+,64+,65+,66+,67+,68+,69+,70+,71-,72-,73-,74-,84-,85+,86+,87+/m1/s1. The maximum absolute atomic E-state index is 15.5. The van der Waals surface area contributed by atoms with E-state index in [1.807, 2.05) is 0 Å². The van der Waals surface area contributed by atoms with E-state index in [4.69, 9.17) is 94.7 Å². The van der Waals surface area contributed by atoms with E-state index in [2.05, 4.69) is 0 Å². The minimum atomic E-state index is -2.51. The third-order valence-corrected chi connectivity index (χ3v) is 18.8. The monoisotopic (exact) mass is 1640 g/mol. The summed E-state index contributed by atoms with van der Waals surface area (Å²) in [5, 5.41) is 0. The number of rotatable bonds is 29. The van der Waals surface area contributed by atoms with Gasteiger partial charge in [-0.05, 0) is 97.1 Å². The molecule has 32 nitrogen and oxygen atoms in total. The Balaban J connectivity index is 1.09. The van der Waals surface area contributed by atoms with E-state index >= 15 is 19.2 Å². The van der Waals surface area contributed by atoms with Gasteiger partial charge in [-0.25, -0.2) is 43.2 Å². The summed E-state index contributed by atoms with van der Waals surface area (Å²) in [4.78, 5) is 174. The molecular weight excluding hydrogens is 1560 g/mol. The summed E-state index contributed by atoms with van der Waals surface area (Å²) in [5.41, 5.74) is -0.729. The van der Waals surface area contributed by atoms with Crippen molar-refractivity contribution in [1.82, 2.24) is 0 Å². The first-order valence-corrected chi connectivity index (χ1v) is 37.3. The van der Waals surface area contributed by atoms with Gasteiger partial charge >= 0.3 is 71.6 Å². The van der Waals surface area contributed by atoms with E-state index in [1.54, 1.807) is 84.9 Å². The molecule has 0 radical (unpaired) electrons. The van der Waals surface area contributed by atoms with Crippen molar-refractivity contribution in [2.45, 2.75) is 137 Å². The fraction of sp³-hybridized carbons (Fsp3) is 0.310. The zero-order chi connectivity index (χ0) is 84.1. The van der Waals surface area contributed by atoms with E-state index in [0.717, 1.165) is 27.9 Å². The van der Waals surface area contributed by atoms with Gasteiger partial charge in [-0.2, -0.15) is 0 Å². The first-order chi connectivity index (χ1) is 57.6. The van der Waals surface area contributed by atoms with Gasteiger partial charge < -0.3 is 94.7 Å². The van der Waals surface area contributed by atoms with Gasteiger partial charge in [0.2, 0.25) is 6.29 Å². The van der Waals surface area contributed by atoms with Crippen LogP contribution in [-0.4, -0.2) is 222 Å². The summed E-state index contributed by atoms with van der Waals surface area (Å²) >= 11 is 0. The predicted molar refractivity (Wildman–Crippen MR) is 403 cm³/mol. The lowest BCUT2D eigenvalue weighted by Crippen LogP contribution is -2.69. The average Bonchev–Trinajstić information content (AvgIpc) is 0.772. The average molecular weight is 1640 g/mol. The molecule has 32 heteroatoms. The largest absolute Gasteiger partial charge is 0.467 e. The Labute approximate surface area is 679 Å². The lowest BCUT2D eigenvalue weighted by Gasteiger charge is -2.51. The summed E-state index contributed by atoms with van der Waals surface area (Å²) in [5.74, 6) is -13.5. The molecule has 4 fully saturated rings. The van der Waals surface area contributed by atoms with Crippen LogP contribution in [0.5, 0.6) is 0 Å². The van der Waals surface area contributed by atoms with Crippen molar-refractivity contribution in [3.63, 3.8) is 0 Å². The molecule has 119 heavy (non-hydrogen) atoms. The quantitative estimate of drug-likeness (QED) is 0.0314. The van der Waals surface area contributed by atoms with Crippen LogP contribution in [0.3, 0.4) is 0 Å². The highest BCUT2D eigenvalue weighted by Gasteiger charge is 2.63. The second kappa shape index (κ2) is 40.8. The molecule has 0 spiro atoms. The van der Waals surface area contributed by atoms with Gasteiger partial charge in [0, 0.05) is 27.9 Å². The number of ether oxygens (including phenoxy) is 20. The van der Waals surface area contributed by atoms with Crippen LogP contribution in [0.2, 0.25) is 0 Å². The van der Waals surface area contributed by atoms with Gasteiger partial charge in [0.05, 0.1) is 58.2 Å². The Bertz CT molecular complexity index is 4800. The van der Waals surface area contributed by atoms with Crippen LogP contribution in [0.1, 0.15) is 104 Å². The van der Waals surface area contributed by atoms with E-state index in [-0.39, 0.29) is 44.5 Å². The Morgan fingerprint density at radius 2 is 0.538 bits per heavy atom. The molecule has 0 aromatic heterocycles. The summed E-state index contributed by atoms with van der Waals surface area (Å²) in [7, 11) is 2.14. The Morgan fingerprint density at radius 1 is 0.277 bits per heavy atom. The molecule has 19 atom stereocenters. The second-order valence-electron chi connectivity index (χ2n) is 26.9. The van der Waals surface area contributed by atoms with E-state index in [1.165, 1.54) is 165 Å². The summed E-state index contributed by atoms with van der Waals surface area (Å²) in [6.07, 6.45) is -40.5. The molecule has 4 aliphatic rings. The highest BCUT2D eigenvalue weighted by Crippen LogP contribution is 2.41. The van der Waals surface area contributed by atoms with Gasteiger partial charge in [0.1, 0.15) is 43.7 Å². The number of carbonyl (C=O) groups is 12. The van der Waals surface area contributed by atoms with E-state index in [0.29, 0.717) is 0 Å². The predicted octanol–water partition coefficient (Wildman–Crippen LogP) is 8.36. The molecule has 4 heterocycles. The number of hydrogen-bond acceptors (Lipinski definition) is 32. The number of methoxy groups -OCH3 is 2. The molecule has 4 saturated heterocycles. The number of esters is 12. The zero-order valence-corrected chi connectivity index (χ0v) is 64.2. The zero-order valence-electron chi connectivity index (χ0n) is 64.2. The van der Waals surface area contributed by atoms with E-state index < -0.39 is 208 Å². The third-order valence-electron chi connectivity index (χ3n) is 18.8. The lowest BCUT2D eigenvalue weighted by atomic mass is 9.94. The topological polar surface area (TPSA) is 389 Å². The Morgan fingerprint density at radius 3 is 0.849 bits per heavy atom. The Kier molecular flexibility index (Phi) is 29.3. The highest BCUT2D eigenvalue weighted by atomic mass is 16.8. The molecule has 0 amide bonds. The fourth-order valence-corrected chi connectivity index (χ4v) is 13.3. The SMILES string of the molecule is COC(=O)[C@H]1O[C@H](O[C@H]2[C@@H](OC(=O)c3ccccc3)[C@@H](COC(=O)c3ccccc3)O[C@@H](O[C@H]3[C@@H](OC(=O)c4ccccc4)[C@@H](COC(=O)c4ccccc4)O[C@@H](O[C@@H]4CO[C@@H](OC)[C@H](OC(=O)c5ccccc5)[C@H]4OC(=O)c4ccccc4)[C@@H]3OC(=O)c3ccccc3)[C@@H]2OC(=O)c2ccccc2)[C@H](OC(C)=O)[C@@H](OC(C)=O)[C@@H]1OC(C)=O. The van der Waals surface area contributed by atoms with E-state index in [9.17, 15) is 38.4 Å². The van der Waals surface area contributed by atoms with Gasteiger partial charge in [-0.3, -0.25) is 14.4 Å². The van der Waals surface area contributed by atoms with Crippen LogP contribution < -0.4 is 0 Å². The fourth-order valence-electron chi connectivity index (χ4n) is 13.3. The van der Waals surface area contributed by atoms with Crippen molar-refractivity contribution in [1.29, 1.82) is 0 Å². The smallest absolute Gasteiger partial charge is 0.339 e. The molecule has 0 saturated carbocycles. The lowest BCUT2D eigenvalue weighted by molar-refractivity contribution is -0.382. The molecule has 0 aliphatic carbocycles. The van der Waals surface area contributed by atoms with Gasteiger partial charge in [-0.1, -0.05) is 146 Å². The maximum Gasteiger partial charge on any atom is 0.339 e. The molecule has 4 aliphatic heterocycles. The van der Waals surface area contributed by atoms with Crippen molar-refractivity contribution >= 4 is 71.6 Å². The van der Waals surface area contributed by atoms with Gasteiger partial charge in [0.25, 0.3) is 0 Å². The summed E-state index contributed by atoms with van der Waals surface area (Å²) in [6.45, 7) is 0.0997. The number of carbonyl (C=O) groups excluding carboxylic acids is 12. The van der Waals surface area contributed by atoms with Crippen molar-refractivity contribution < 1.29 is 152 Å². The van der Waals surface area contributed by atoms with Crippen molar-refractivity contribution in [2.75, 3.05) is 34.0 Å². The normalized spacial score (nSPS) is 25.7. The highest BCUT2D eigenvalue weighted by molar-refractivity contribution is 5.93.